The summed E-state index contributed by atoms with van der Waals surface area (Å²) in [4.78, 5) is 26.3. The van der Waals surface area contributed by atoms with Crippen molar-refractivity contribution in [3.05, 3.63) is 83.9 Å². The topological polar surface area (TPSA) is 58.2 Å². The average molecular weight is 383 g/mol. The van der Waals surface area contributed by atoms with Crippen molar-refractivity contribution in [3.63, 3.8) is 0 Å². The monoisotopic (exact) mass is 382 g/mol. The zero-order chi connectivity index (χ0) is 18.4. The van der Waals surface area contributed by atoms with Crippen LogP contribution in [0.25, 0.3) is 0 Å². The molecule has 0 aliphatic rings. The molecule has 3 aromatic carbocycles. The summed E-state index contributed by atoms with van der Waals surface area (Å²) in [6.07, 6.45) is 0. The van der Waals surface area contributed by atoms with Gasteiger partial charge in [0.15, 0.2) is 0 Å². The van der Waals surface area contributed by atoms with Gasteiger partial charge in [0.1, 0.15) is 0 Å². The van der Waals surface area contributed by atoms with Crippen LogP contribution in [0, 0.1) is 0 Å². The van der Waals surface area contributed by atoms with Crippen LogP contribution in [0.2, 0.25) is 5.02 Å². The third kappa shape index (κ3) is 4.65. The molecule has 0 heterocycles. The van der Waals surface area contributed by atoms with Crippen molar-refractivity contribution >= 4 is 46.6 Å². The number of halogens is 1. The molecule has 0 saturated heterocycles. The van der Waals surface area contributed by atoms with Crippen LogP contribution >= 0.6 is 23.4 Å². The van der Waals surface area contributed by atoms with Crippen molar-refractivity contribution in [3.8, 4) is 0 Å². The summed E-state index contributed by atoms with van der Waals surface area (Å²) in [6, 6.07) is 23.9. The first-order chi connectivity index (χ1) is 12.6. The Kier molecular flexibility index (Phi) is 5.94. The molecule has 0 spiro atoms. The van der Waals surface area contributed by atoms with Gasteiger partial charge in [-0.2, -0.15) is 0 Å². The molecule has 4 nitrogen and oxygen atoms in total. The van der Waals surface area contributed by atoms with E-state index in [-0.39, 0.29) is 0 Å². The van der Waals surface area contributed by atoms with Crippen LogP contribution in [0.4, 0.5) is 11.4 Å². The van der Waals surface area contributed by atoms with E-state index in [2.05, 4.69) is 10.6 Å². The molecule has 0 unspecified atom stereocenters. The van der Waals surface area contributed by atoms with E-state index in [0.29, 0.717) is 16.4 Å². The molecule has 26 heavy (non-hydrogen) atoms. The summed E-state index contributed by atoms with van der Waals surface area (Å²) in [7, 11) is 0. The van der Waals surface area contributed by atoms with Crippen LogP contribution in [-0.4, -0.2) is 11.8 Å². The zero-order valence-corrected chi connectivity index (χ0v) is 15.2. The molecule has 0 aliphatic heterocycles. The summed E-state index contributed by atoms with van der Waals surface area (Å²) in [6.45, 7) is 0. The van der Waals surface area contributed by atoms with Crippen molar-refractivity contribution in [2.75, 3.05) is 10.6 Å². The number of hydrogen-bond donors (Lipinski definition) is 2. The molecular weight excluding hydrogens is 368 g/mol. The van der Waals surface area contributed by atoms with Crippen LogP contribution in [-0.2, 0) is 9.59 Å². The molecule has 2 amide bonds. The highest BCUT2D eigenvalue weighted by molar-refractivity contribution is 7.99. The van der Waals surface area contributed by atoms with Crippen molar-refractivity contribution in [1.29, 1.82) is 0 Å². The summed E-state index contributed by atoms with van der Waals surface area (Å²) in [5.41, 5.74) is 0.960. The molecule has 0 bridgehead atoms. The van der Waals surface area contributed by atoms with Gasteiger partial charge in [-0.3, -0.25) is 9.59 Å². The summed E-state index contributed by atoms with van der Waals surface area (Å²) < 4.78 is 0. The number of anilines is 2. The van der Waals surface area contributed by atoms with Gasteiger partial charge in [-0.1, -0.05) is 65.8 Å². The molecule has 0 atom stereocenters. The highest BCUT2D eigenvalue weighted by atomic mass is 35.5. The second-order valence-electron chi connectivity index (χ2n) is 5.30. The van der Waals surface area contributed by atoms with Gasteiger partial charge < -0.3 is 10.6 Å². The third-order valence-electron chi connectivity index (χ3n) is 3.43. The maximum atomic E-state index is 12.3. The first-order valence-corrected chi connectivity index (χ1v) is 9.02. The van der Waals surface area contributed by atoms with E-state index < -0.39 is 11.8 Å². The third-order valence-corrected chi connectivity index (χ3v) is 4.85. The summed E-state index contributed by atoms with van der Waals surface area (Å²) in [5, 5.41) is 5.53. The van der Waals surface area contributed by atoms with Crippen molar-refractivity contribution < 1.29 is 9.59 Å². The normalized spacial score (nSPS) is 10.2. The predicted molar refractivity (Wildman–Crippen MR) is 106 cm³/mol. The maximum absolute atomic E-state index is 12.3. The van der Waals surface area contributed by atoms with E-state index >= 15 is 0 Å². The van der Waals surface area contributed by atoms with E-state index in [1.165, 1.54) is 11.8 Å². The Morgan fingerprint density at radius 3 is 1.92 bits per heavy atom. The van der Waals surface area contributed by atoms with Gasteiger partial charge >= 0.3 is 11.8 Å². The maximum Gasteiger partial charge on any atom is 0.314 e. The first kappa shape index (κ1) is 18.0. The molecule has 0 saturated carbocycles. The quantitative estimate of drug-likeness (QED) is 0.619. The average Bonchev–Trinajstić information content (AvgIpc) is 2.66. The van der Waals surface area contributed by atoms with Gasteiger partial charge in [-0.15, -0.1) is 0 Å². The smallest absolute Gasteiger partial charge is 0.314 e. The molecule has 6 heteroatoms. The van der Waals surface area contributed by atoms with Gasteiger partial charge in [-0.05, 0) is 36.4 Å². The lowest BCUT2D eigenvalue weighted by Crippen LogP contribution is -2.29. The zero-order valence-electron chi connectivity index (χ0n) is 13.6. The van der Waals surface area contributed by atoms with Crippen molar-refractivity contribution in [2.45, 2.75) is 9.79 Å². The van der Waals surface area contributed by atoms with Gasteiger partial charge in [0.25, 0.3) is 0 Å². The minimum Gasteiger partial charge on any atom is -0.317 e. The Bertz CT molecular complexity index is 932. The van der Waals surface area contributed by atoms with Crippen LogP contribution in [0.5, 0.6) is 0 Å². The molecule has 3 rings (SSSR count). The van der Waals surface area contributed by atoms with E-state index in [1.807, 2.05) is 42.5 Å². The molecule has 2 N–H and O–H groups in total. The fourth-order valence-electron chi connectivity index (χ4n) is 2.20. The first-order valence-electron chi connectivity index (χ1n) is 7.82. The number of hydrogen-bond acceptors (Lipinski definition) is 3. The highest BCUT2D eigenvalue weighted by Gasteiger charge is 2.16. The molecule has 3 aromatic rings. The predicted octanol–water partition coefficient (Wildman–Crippen LogP) is 5.07. The minimum atomic E-state index is -0.780. The SMILES string of the molecule is O=C(Nc1ccccc1Cl)C(=O)Nc1ccccc1Sc1ccccc1. The Hall–Kier alpha value is -2.76. The number of carbonyl (C=O) groups is 2. The fraction of sp³-hybridized carbons (Fsp3) is 0. The van der Waals surface area contributed by atoms with Gasteiger partial charge in [0.05, 0.1) is 16.4 Å². The second-order valence-corrected chi connectivity index (χ2v) is 6.82. The lowest BCUT2D eigenvalue weighted by Gasteiger charge is -2.11. The molecule has 0 radical (unpaired) electrons. The fourth-order valence-corrected chi connectivity index (χ4v) is 3.30. The van der Waals surface area contributed by atoms with Gasteiger partial charge in [0, 0.05) is 9.79 Å². The summed E-state index contributed by atoms with van der Waals surface area (Å²) >= 11 is 7.51. The van der Waals surface area contributed by atoms with E-state index in [0.717, 1.165) is 9.79 Å². The van der Waals surface area contributed by atoms with Gasteiger partial charge in [0.2, 0.25) is 0 Å². The van der Waals surface area contributed by atoms with E-state index in [4.69, 9.17) is 11.6 Å². The number of amides is 2. The Balaban J connectivity index is 1.71. The van der Waals surface area contributed by atoms with Crippen LogP contribution in [0.15, 0.2) is 88.7 Å². The van der Waals surface area contributed by atoms with Crippen LogP contribution in [0.3, 0.4) is 0 Å². The largest absolute Gasteiger partial charge is 0.317 e. The Morgan fingerprint density at radius 2 is 1.23 bits per heavy atom. The lowest BCUT2D eigenvalue weighted by molar-refractivity contribution is -0.133. The highest BCUT2D eigenvalue weighted by Crippen LogP contribution is 2.33. The van der Waals surface area contributed by atoms with E-state index in [9.17, 15) is 9.59 Å². The minimum absolute atomic E-state index is 0.369. The number of nitrogens with one attached hydrogen (secondary N) is 2. The number of carbonyl (C=O) groups excluding carboxylic acids is 2. The van der Waals surface area contributed by atoms with E-state index in [1.54, 1.807) is 36.4 Å². The van der Waals surface area contributed by atoms with Crippen LogP contribution in [0.1, 0.15) is 0 Å². The molecule has 130 valence electrons. The Labute approximate surface area is 160 Å². The van der Waals surface area contributed by atoms with Crippen molar-refractivity contribution in [1.82, 2.24) is 0 Å². The second kappa shape index (κ2) is 8.56. The summed E-state index contributed by atoms with van der Waals surface area (Å²) in [5.74, 6) is -1.54. The van der Waals surface area contributed by atoms with Gasteiger partial charge in [-0.25, -0.2) is 0 Å². The number of para-hydroxylation sites is 2. The van der Waals surface area contributed by atoms with Crippen molar-refractivity contribution in [2.24, 2.45) is 0 Å². The molecule has 0 aliphatic carbocycles. The Morgan fingerprint density at radius 1 is 0.692 bits per heavy atom. The molecule has 0 fully saturated rings. The van der Waals surface area contributed by atoms with Crippen LogP contribution < -0.4 is 10.6 Å². The standard InChI is InChI=1S/C20H15ClN2O2S/c21-15-10-4-5-11-16(15)22-19(24)20(25)23-17-12-6-7-13-18(17)26-14-8-2-1-3-9-14/h1-13H,(H,22,24)(H,23,25). The number of benzene rings is 3. The number of rotatable bonds is 4. The lowest BCUT2D eigenvalue weighted by atomic mass is 10.3. The molecule has 0 aromatic heterocycles. The molecular formula is C20H15ClN2O2S.